The number of hydrogen-bond donors (Lipinski definition) is 2. The van der Waals surface area contributed by atoms with Crippen LogP contribution in [0.1, 0.15) is 42.5 Å². The Morgan fingerprint density at radius 3 is 2.61 bits per heavy atom. The van der Waals surface area contributed by atoms with Crippen molar-refractivity contribution < 1.29 is 0 Å². The van der Waals surface area contributed by atoms with Crippen LogP contribution in [0.4, 0.5) is 5.69 Å². The zero-order valence-corrected chi connectivity index (χ0v) is 16.3. The lowest BCUT2D eigenvalue weighted by Gasteiger charge is -2.10. The number of guanidine groups is 1. The van der Waals surface area contributed by atoms with Gasteiger partial charge in [-0.2, -0.15) is 0 Å². The quantitative estimate of drug-likeness (QED) is 0.444. The fourth-order valence-corrected chi connectivity index (χ4v) is 2.20. The second-order valence-corrected chi connectivity index (χ2v) is 5.65. The molecule has 0 spiro atoms. The van der Waals surface area contributed by atoms with Crippen LogP contribution < -0.4 is 11.1 Å². The molecule has 0 fully saturated rings. The van der Waals surface area contributed by atoms with Gasteiger partial charge in [0.05, 0.1) is 12.2 Å². The second kappa shape index (κ2) is 8.81. The highest BCUT2D eigenvalue weighted by atomic mass is 127. The summed E-state index contributed by atoms with van der Waals surface area (Å²) in [5.41, 5.74) is 9.97. The molecule has 5 nitrogen and oxygen atoms in total. The predicted octanol–water partition coefficient (Wildman–Crippen LogP) is 3.76. The van der Waals surface area contributed by atoms with E-state index in [1.54, 1.807) is 0 Å². The Hall–Kier alpha value is -1.70. The Balaban J connectivity index is 0.00000264. The Kier molecular flexibility index (Phi) is 7.41. The third-order valence-electron chi connectivity index (χ3n) is 3.26. The molecule has 0 bridgehead atoms. The van der Waals surface area contributed by atoms with E-state index in [0.717, 1.165) is 22.9 Å². The van der Waals surface area contributed by atoms with Crippen molar-refractivity contribution in [1.82, 2.24) is 9.97 Å². The molecule has 0 aliphatic rings. The minimum Gasteiger partial charge on any atom is -0.370 e. The maximum absolute atomic E-state index is 5.95. The lowest BCUT2D eigenvalue weighted by Crippen LogP contribution is -2.22. The van der Waals surface area contributed by atoms with E-state index in [4.69, 9.17) is 5.73 Å². The highest BCUT2D eigenvalue weighted by molar-refractivity contribution is 14.0. The molecular weight excluding hydrogens is 401 g/mol. The predicted molar refractivity (Wildman–Crippen MR) is 106 cm³/mol. The first kappa shape index (κ1) is 19.3. The third-order valence-corrected chi connectivity index (χ3v) is 3.26. The lowest BCUT2D eigenvalue weighted by atomic mass is 10.0. The van der Waals surface area contributed by atoms with Crippen molar-refractivity contribution in [1.29, 1.82) is 0 Å². The molecule has 23 heavy (non-hydrogen) atoms. The summed E-state index contributed by atoms with van der Waals surface area (Å²) in [7, 11) is 0. The van der Waals surface area contributed by atoms with Gasteiger partial charge in [0.15, 0.2) is 5.96 Å². The maximum atomic E-state index is 5.95. The van der Waals surface area contributed by atoms with Gasteiger partial charge in [-0.3, -0.25) is 0 Å². The Morgan fingerprint density at radius 2 is 1.96 bits per heavy atom. The molecule has 1 heterocycles. The van der Waals surface area contributed by atoms with E-state index in [1.807, 2.05) is 32.0 Å². The normalized spacial score (nSPS) is 11.3. The summed E-state index contributed by atoms with van der Waals surface area (Å²) in [6.45, 7) is 8.58. The summed E-state index contributed by atoms with van der Waals surface area (Å²) in [6, 6.07) is 10.1. The van der Waals surface area contributed by atoms with Crippen LogP contribution in [0.15, 0.2) is 35.3 Å². The number of halogens is 1. The van der Waals surface area contributed by atoms with E-state index in [2.05, 4.69) is 46.3 Å². The van der Waals surface area contributed by atoms with Gasteiger partial charge < -0.3 is 11.1 Å². The number of nitrogens with zero attached hydrogens (tertiary/aromatic N) is 3. The molecule has 1 aromatic carbocycles. The fraction of sp³-hybridized carbons (Fsp3) is 0.353. The zero-order valence-electron chi connectivity index (χ0n) is 14.0. The van der Waals surface area contributed by atoms with Gasteiger partial charge in [0.1, 0.15) is 5.82 Å². The van der Waals surface area contributed by atoms with E-state index in [1.165, 1.54) is 5.56 Å². The van der Waals surface area contributed by atoms with E-state index in [0.29, 0.717) is 18.4 Å². The largest absolute Gasteiger partial charge is 0.370 e. The van der Waals surface area contributed by atoms with Crippen LogP contribution in [0.25, 0.3) is 0 Å². The van der Waals surface area contributed by atoms with E-state index < -0.39 is 0 Å². The molecule has 2 rings (SSSR count). The van der Waals surface area contributed by atoms with Crippen molar-refractivity contribution in [2.24, 2.45) is 10.7 Å². The van der Waals surface area contributed by atoms with E-state index in [-0.39, 0.29) is 24.0 Å². The number of aryl methyl sites for hydroxylation is 2. The van der Waals surface area contributed by atoms with Gasteiger partial charge in [0, 0.05) is 11.4 Å². The molecule has 3 N–H and O–H groups in total. The minimum absolute atomic E-state index is 0. The second-order valence-electron chi connectivity index (χ2n) is 5.65. The smallest absolute Gasteiger partial charge is 0.193 e. The molecule has 0 radical (unpaired) electrons. The van der Waals surface area contributed by atoms with Crippen LogP contribution in [-0.4, -0.2) is 15.9 Å². The van der Waals surface area contributed by atoms with Crippen LogP contribution >= 0.6 is 24.0 Å². The number of nitrogens with two attached hydrogens (primary N) is 1. The first-order valence-electron chi connectivity index (χ1n) is 7.42. The van der Waals surface area contributed by atoms with Crippen molar-refractivity contribution in [3.63, 3.8) is 0 Å². The molecule has 0 amide bonds. The summed E-state index contributed by atoms with van der Waals surface area (Å²) in [5.74, 6) is 1.61. The van der Waals surface area contributed by atoms with Gasteiger partial charge in [-0.15, -0.1) is 24.0 Å². The molecule has 0 atom stereocenters. The summed E-state index contributed by atoms with van der Waals surface area (Å²) >= 11 is 0. The summed E-state index contributed by atoms with van der Waals surface area (Å²) < 4.78 is 0. The summed E-state index contributed by atoms with van der Waals surface area (Å²) in [5, 5.41) is 3.12. The lowest BCUT2D eigenvalue weighted by molar-refractivity contribution is 0.867. The first-order valence-corrected chi connectivity index (χ1v) is 7.42. The Labute approximate surface area is 154 Å². The zero-order chi connectivity index (χ0) is 16.1. The fourth-order valence-electron chi connectivity index (χ4n) is 2.20. The molecule has 0 aliphatic heterocycles. The van der Waals surface area contributed by atoms with Gasteiger partial charge in [0.25, 0.3) is 0 Å². The van der Waals surface area contributed by atoms with Crippen LogP contribution in [0.2, 0.25) is 0 Å². The van der Waals surface area contributed by atoms with Gasteiger partial charge >= 0.3 is 0 Å². The molecule has 1 aromatic heterocycles. The van der Waals surface area contributed by atoms with Gasteiger partial charge in [-0.1, -0.05) is 26.0 Å². The van der Waals surface area contributed by atoms with Crippen LogP contribution in [0, 0.1) is 13.8 Å². The van der Waals surface area contributed by atoms with Crippen molar-refractivity contribution in [2.75, 3.05) is 5.32 Å². The van der Waals surface area contributed by atoms with Gasteiger partial charge in [-0.25, -0.2) is 15.0 Å². The topological polar surface area (TPSA) is 76.2 Å². The van der Waals surface area contributed by atoms with Crippen LogP contribution in [-0.2, 0) is 6.54 Å². The molecule has 6 heteroatoms. The number of hydrogen-bond acceptors (Lipinski definition) is 3. The molecule has 124 valence electrons. The Morgan fingerprint density at radius 1 is 1.22 bits per heavy atom. The standard InChI is InChI=1S/C17H23N5.HI/c1-11(2)14-6-5-7-15(9-14)22-17(18)19-10-16-8-12(3)20-13(4)21-16;/h5-9,11H,10H2,1-4H3,(H3,18,19,22);1H. The third kappa shape index (κ3) is 6.13. The van der Waals surface area contributed by atoms with E-state index >= 15 is 0 Å². The number of anilines is 1. The number of nitrogens with one attached hydrogen (secondary N) is 1. The molecule has 0 aliphatic carbocycles. The van der Waals surface area contributed by atoms with Crippen molar-refractivity contribution in [3.8, 4) is 0 Å². The molecule has 2 aromatic rings. The Bertz CT molecular complexity index is 662. The van der Waals surface area contributed by atoms with Crippen molar-refractivity contribution in [2.45, 2.75) is 40.2 Å². The van der Waals surface area contributed by atoms with Crippen LogP contribution in [0.5, 0.6) is 0 Å². The minimum atomic E-state index is 0. The molecule has 0 saturated heterocycles. The van der Waals surface area contributed by atoms with Crippen molar-refractivity contribution >= 4 is 35.6 Å². The monoisotopic (exact) mass is 425 g/mol. The molecular formula is C17H24IN5. The van der Waals surface area contributed by atoms with E-state index in [9.17, 15) is 0 Å². The maximum Gasteiger partial charge on any atom is 0.193 e. The van der Waals surface area contributed by atoms with Gasteiger partial charge in [0.2, 0.25) is 0 Å². The number of rotatable bonds is 4. The van der Waals surface area contributed by atoms with Crippen molar-refractivity contribution in [3.05, 3.63) is 53.1 Å². The highest BCUT2D eigenvalue weighted by Gasteiger charge is 2.02. The number of benzene rings is 1. The average Bonchev–Trinajstić information content (AvgIpc) is 2.44. The molecule has 0 unspecified atom stereocenters. The first-order chi connectivity index (χ1) is 10.4. The van der Waals surface area contributed by atoms with Crippen LogP contribution in [0.3, 0.4) is 0 Å². The molecule has 0 saturated carbocycles. The highest BCUT2D eigenvalue weighted by Crippen LogP contribution is 2.18. The number of aromatic nitrogens is 2. The average molecular weight is 425 g/mol. The number of aliphatic imine (C=N–C) groups is 1. The summed E-state index contributed by atoms with van der Waals surface area (Å²) in [4.78, 5) is 12.9. The SMILES string of the molecule is Cc1cc(CN=C(N)Nc2cccc(C(C)C)c2)nc(C)n1.I. The van der Waals surface area contributed by atoms with Gasteiger partial charge in [-0.05, 0) is 43.5 Å². The summed E-state index contributed by atoms with van der Waals surface area (Å²) in [6.07, 6.45) is 0.